The van der Waals surface area contributed by atoms with Gasteiger partial charge < -0.3 is 5.11 Å². The number of hydrogen-bond donors (Lipinski definition) is 2. The number of benzene rings is 1. The Morgan fingerprint density at radius 3 is 2.57 bits per heavy atom. The van der Waals surface area contributed by atoms with Gasteiger partial charge in [-0.3, -0.25) is 9.52 Å². The van der Waals surface area contributed by atoms with Crippen molar-refractivity contribution in [3.8, 4) is 0 Å². The lowest BCUT2D eigenvalue weighted by atomic mass is 10.3. The first-order valence-electron chi connectivity index (χ1n) is 6.90. The Bertz CT molecular complexity index is 609. The van der Waals surface area contributed by atoms with Crippen LogP contribution in [0.3, 0.4) is 0 Å². The lowest BCUT2D eigenvalue weighted by molar-refractivity contribution is -0.136. The predicted molar refractivity (Wildman–Crippen MR) is 84.2 cm³/mol. The van der Waals surface area contributed by atoms with Gasteiger partial charge in [-0.15, -0.1) is 11.8 Å². The van der Waals surface area contributed by atoms with Crippen LogP contribution < -0.4 is 4.72 Å². The quantitative estimate of drug-likeness (QED) is 0.838. The Labute approximate surface area is 129 Å². The van der Waals surface area contributed by atoms with E-state index in [1.54, 1.807) is 23.9 Å². The fraction of sp³-hybridized carbons (Fsp3) is 0.500. The van der Waals surface area contributed by atoms with Gasteiger partial charge >= 0.3 is 5.97 Å². The Hall–Kier alpha value is -1.21. The van der Waals surface area contributed by atoms with Gasteiger partial charge in [0.25, 0.3) is 0 Å². The SMILES string of the molecule is CC(C(=O)O)S(=O)(=O)Nc1ccccc1SC1CCCC1. The number of para-hydroxylation sites is 1. The fourth-order valence-corrected chi connectivity index (χ4v) is 4.54. The molecule has 0 heterocycles. The molecule has 21 heavy (non-hydrogen) atoms. The highest BCUT2D eigenvalue weighted by atomic mass is 32.2. The normalized spacial score (nSPS) is 17.6. The Kier molecular flexibility index (Phi) is 5.16. The average molecular weight is 329 g/mol. The molecule has 0 radical (unpaired) electrons. The first-order valence-corrected chi connectivity index (χ1v) is 9.33. The molecule has 1 saturated carbocycles. The van der Waals surface area contributed by atoms with E-state index >= 15 is 0 Å². The van der Waals surface area contributed by atoms with Crippen molar-refractivity contribution in [3.05, 3.63) is 24.3 Å². The number of carboxylic acids is 1. The highest BCUT2D eigenvalue weighted by Gasteiger charge is 2.28. The van der Waals surface area contributed by atoms with E-state index in [1.807, 2.05) is 12.1 Å². The number of thioether (sulfide) groups is 1. The minimum Gasteiger partial charge on any atom is -0.480 e. The predicted octanol–water partition coefficient (Wildman–Crippen LogP) is 2.94. The highest BCUT2D eigenvalue weighted by molar-refractivity contribution is 8.00. The summed E-state index contributed by atoms with van der Waals surface area (Å²) < 4.78 is 26.5. The van der Waals surface area contributed by atoms with Crippen molar-refractivity contribution < 1.29 is 18.3 Å². The number of sulfonamides is 1. The van der Waals surface area contributed by atoms with Gasteiger partial charge in [0.2, 0.25) is 10.0 Å². The number of rotatable bonds is 6. The maximum atomic E-state index is 12.0. The molecule has 0 amide bonds. The number of carbonyl (C=O) groups is 1. The molecule has 1 unspecified atom stereocenters. The van der Waals surface area contributed by atoms with Gasteiger partial charge in [0.1, 0.15) is 0 Å². The summed E-state index contributed by atoms with van der Waals surface area (Å²) in [4.78, 5) is 11.7. The molecular weight excluding hydrogens is 310 g/mol. The van der Waals surface area contributed by atoms with E-state index in [9.17, 15) is 13.2 Å². The van der Waals surface area contributed by atoms with Gasteiger partial charge in [-0.05, 0) is 31.9 Å². The topological polar surface area (TPSA) is 83.5 Å². The van der Waals surface area contributed by atoms with Crippen molar-refractivity contribution in [1.82, 2.24) is 0 Å². The Morgan fingerprint density at radius 1 is 1.33 bits per heavy atom. The van der Waals surface area contributed by atoms with E-state index in [-0.39, 0.29) is 0 Å². The smallest absolute Gasteiger partial charge is 0.323 e. The van der Waals surface area contributed by atoms with E-state index in [0.717, 1.165) is 24.7 Å². The largest absolute Gasteiger partial charge is 0.480 e. The summed E-state index contributed by atoms with van der Waals surface area (Å²) in [5.74, 6) is -1.36. The number of anilines is 1. The molecule has 7 heteroatoms. The Balaban J connectivity index is 2.18. The molecule has 1 atom stereocenters. The molecule has 0 aliphatic heterocycles. The number of carboxylic acid groups (broad SMARTS) is 1. The molecule has 5 nitrogen and oxygen atoms in total. The fourth-order valence-electron chi connectivity index (χ4n) is 2.21. The monoisotopic (exact) mass is 329 g/mol. The molecule has 0 aromatic heterocycles. The molecule has 0 bridgehead atoms. The number of aliphatic carboxylic acids is 1. The van der Waals surface area contributed by atoms with Crippen LogP contribution in [0.2, 0.25) is 0 Å². The molecule has 116 valence electrons. The highest BCUT2D eigenvalue weighted by Crippen LogP contribution is 2.38. The molecule has 1 aliphatic carbocycles. The Morgan fingerprint density at radius 2 is 1.95 bits per heavy atom. The van der Waals surface area contributed by atoms with E-state index in [4.69, 9.17) is 5.11 Å². The lowest BCUT2D eigenvalue weighted by Crippen LogP contribution is -2.32. The molecule has 1 fully saturated rings. The van der Waals surface area contributed by atoms with E-state index in [2.05, 4.69) is 4.72 Å². The molecule has 1 aromatic carbocycles. The standard InChI is InChI=1S/C14H19NO4S2/c1-10(14(16)17)21(18,19)15-12-8-4-5-9-13(12)20-11-6-2-3-7-11/h4-5,8-11,15H,2-3,6-7H2,1H3,(H,16,17). The van der Waals surface area contributed by atoms with Crippen molar-refractivity contribution in [3.63, 3.8) is 0 Å². The average Bonchev–Trinajstić information content (AvgIpc) is 2.92. The third kappa shape index (κ3) is 4.14. The van der Waals surface area contributed by atoms with Crippen LogP contribution in [0.25, 0.3) is 0 Å². The summed E-state index contributed by atoms with van der Waals surface area (Å²) in [6.07, 6.45) is 4.69. The zero-order valence-electron chi connectivity index (χ0n) is 11.8. The molecule has 1 aliphatic rings. The van der Waals surface area contributed by atoms with Crippen LogP contribution in [0.5, 0.6) is 0 Å². The second-order valence-electron chi connectivity index (χ2n) is 5.15. The van der Waals surface area contributed by atoms with Crippen molar-refractivity contribution in [2.75, 3.05) is 4.72 Å². The number of nitrogens with one attached hydrogen (secondary N) is 1. The summed E-state index contributed by atoms with van der Waals surface area (Å²) >= 11 is 1.66. The maximum absolute atomic E-state index is 12.0. The van der Waals surface area contributed by atoms with Gasteiger partial charge in [-0.2, -0.15) is 0 Å². The van der Waals surface area contributed by atoms with E-state index < -0.39 is 21.2 Å². The second kappa shape index (κ2) is 6.70. The molecular formula is C14H19NO4S2. The van der Waals surface area contributed by atoms with Crippen LogP contribution >= 0.6 is 11.8 Å². The summed E-state index contributed by atoms with van der Waals surface area (Å²) in [6.45, 7) is 1.16. The summed E-state index contributed by atoms with van der Waals surface area (Å²) in [7, 11) is -3.93. The molecule has 1 aromatic rings. The minimum atomic E-state index is -3.93. The van der Waals surface area contributed by atoms with Crippen LogP contribution in [0.1, 0.15) is 32.6 Å². The van der Waals surface area contributed by atoms with Gasteiger partial charge in [0.15, 0.2) is 5.25 Å². The summed E-state index contributed by atoms with van der Waals surface area (Å²) in [5.41, 5.74) is 0.461. The van der Waals surface area contributed by atoms with Crippen molar-refractivity contribution >= 4 is 33.4 Å². The van der Waals surface area contributed by atoms with Crippen molar-refractivity contribution in [2.45, 2.75) is 48.0 Å². The van der Waals surface area contributed by atoms with Crippen LogP contribution in [0, 0.1) is 0 Å². The van der Waals surface area contributed by atoms with Crippen LogP contribution in [-0.2, 0) is 14.8 Å². The first kappa shape index (κ1) is 16.2. The third-order valence-corrected chi connectivity index (χ3v) is 6.60. The first-order chi connectivity index (χ1) is 9.90. The van der Waals surface area contributed by atoms with Gasteiger partial charge in [-0.25, -0.2) is 8.42 Å². The van der Waals surface area contributed by atoms with E-state index in [1.165, 1.54) is 12.8 Å². The van der Waals surface area contributed by atoms with Crippen molar-refractivity contribution in [2.24, 2.45) is 0 Å². The maximum Gasteiger partial charge on any atom is 0.323 e. The van der Waals surface area contributed by atoms with Crippen LogP contribution in [0.4, 0.5) is 5.69 Å². The summed E-state index contributed by atoms with van der Waals surface area (Å²) in [5, 5.41) is 7.89. The van der Waals surface area contributed by atoms with Crippen LogP contribution in [0.15, 0.2) is 29.2 Å². The summed E-state index contributed by atoms with van der Waals surface area (Å²) in [6, 6.07) is 7.13. The van der Waals surface area contributed by atoms with Crippen LogP contribution in [-0.4, -0.2) is 30.0 Å². The van der Waals surface area contributed by atoms with Gasteiger partial charge in [0, 0.05) is 10.1 Å². The minimum absolute atomic E-state index is 0.461. The second-order valence-corrected chi connectivity index (χ2v) is 8.49. The lowest BCUT2D eigenvalue weighted by Gasteiger charge is -2.16. The zero-order valence-corrected chi connectivity index (χ0v) is 13.4. The van der Waals surface area contributed by atoms with Crippen molar-refractivity contribution in [1.29, 1.82) is 0 Å². The molecule has 2 rings (SSSR count). The number of hydrogen-bond acceptors (Lipinski definition) is 4. The molecule has 0 spiro atoms. The third-order valence-electron chi connectivity index (χ3n) is 3.55. The zero-order chi connectivity index (χ0) is 15.5. The van der Waals surface area contributed by atoms with Gasteiger partial charge in [-0.1, -0.05) is 25.0 Å². The van der Waals surface area contributed by atoms with E-state index in [0.29, 0.717) is 10.9 Å². The molecule has 0 saturated heterocycles. The van der Waals surface area contributed by atoms with Gasteiger partial charge in [0.05, 0.1) is 5.69 Å². The molecule has 2 N–H and O–H groups in total.